The molecule has 33 heavy (non-hydrogen) atoms. The first-order valence-corrected chi connectivity index (χ1v) is 11.5. The quantitative estimate of drug-likeness (QED) is 0.473. The molecule has 0 bridgehead atoms. The Morgan fingerprint density at radius 1 is 1.06 bits per heavy atom. The van der Waals surface area contributed by atoms with Gasteiger partial charge in [0.1, 0.15) is 16.9 Å². The molecule has 1 heterocycles. The zero-order valence-corrected chi connectivity index (χ0v) is 19.6. The highest BCUT2D eigenvalue weighted by Crippen LogP contribution is 2.21. The molecule has 1 aromatic heterocycles. The molecule has 2 N–H and O–H groups in total. The summed E-state index contributed by atoms with van der Waals surface area (Å²) < 4.78 is 16.6. The average molecular weight is 455 g/mol. The van der Waals surface area contributed by atoms with E-state index in [0.29, 0.717) is 12.3 Å². The standard InChI is InChI=1S/C26H34N2O5/c1-26(2,33-25(30)28-18-20-17-19-11-5-7-13-22(19)32-20)15-9-4-10-16-27-24(29)21-12-6-8-14-23(21)31-3/h5-8,11-14,17,21,23H,4,9-10,15-16,18H2,1-3H3,(H,27,29)(H,28,30). The Hall–Kier alpha value is -3.06. The summed E-state index contributed by atoms with van der Waals surface area (Å²) >= 11 is 0. The van der Waals surface area contributed by atoms with Gasteiger partial charge in [-0.15, -0.1) is 0 Å². The predicted octanol–water partition coefficient (Wildman–Crippen LogP) is 4.87. The van der Waals surface area contributed by atoms with Gasteiger partial charge in [-0.3, -0.25) is 4.79 Å². The molecule has 178 valence electrons. The lowest BCUT2D eigenvalue weighted by Gasteiger charge is -2.25. The monoisotopic (exact) mass is 454 g/mol. The number of methoxy groups -OCH3 is 1. The van der Waals surface area contributed by atoms with Crippen molar-refractivity contribution in [1.29, 1.82) is 0 Å². The first-order chi connectivity index (χ1) is 15.9. The molecular weight excluding hydrogens is 420 g/mol. The van der Waals surface area contributed by atoms with E-state index in [-0.39, 0.29) is 24.5 Å². The van der Waals surface area contributed by atoms with E-state index in [1.165, 1.54) is 0 Å². The first kappa shape index (κ1) is 24.6. The van der Waals surface area contributed by atoms with Gasteiger partial charge in [0, 0.05) is 19.0 Å². The van der Waals surface area contributed by atoms with Crippen molar-refractivity contribution in [2.24, 2.45) is 5.92 Å². The number of hydrogen-bond donors (Lipinski definition) is 2. The third-order valence-electron chi connectivity index (χ3n) is 5.67. The smallest absolute Gasteiger partial charge is 0.408 e. The fourth-order valence-corrected chi connectivity index (χ4v) is 3.85. The van der Waals surface area contributed by atoms with Gasteiger partial charge in [0.05, 0.1) is 18.6 Å². The van der Waals surface area contributed by atoms with Crippen LogP contribution in [0.15, 0.2) is 59.1 Å². The summed E-state index contributed by atoms with van der Waals surface area (Å²) in [7, 11) is 1.61. The third kappa shape index (κ3) is 7.49. The lowest BCUT2D eigenvalue weighted by Crippen LogP contribution is -2.37. The van der Waals surface area contributed by atoms with Gasteiger partial charge in [0.15, 0.2) is 0 Å². The van der Waals surface area contributed by atoms with E-state index in [4.69, 9.17) is 13.9 Å². The van der Waals surface area contributed by atoms with Gasteiger partial charge in [-0.1, -0.05) is 48.9 Å². The normalized spacial score (nSPS) is 17.8. The number of carbonyl (C=O) groups is 2. The number of amides is 2. The van der Waals surface area contributed by atoms with Gasteiger partial charge in [-0.05, 0) is 45.2 Å². The molecule has 0 spiro atoms. The topological polar surface area (TPSA) is 89.8 Å². The molecular formula is C26H34N2O5. The van der Waals surface area contributed by atoms with Crippen LogP contribution < -0.4 is 10.6 Å². The maximum absolute atomic E-state index is 12.3. The molecule has 0 aliphatic heterocycles. The summed E-state index contributed by atoms with van der Waals surface area (Å²) in [6.45, 7) is 4.70. The fraction of sp³-hybridized carbons (Fsp3) is 0.462. The number of unbranched alkanes of at least 4 members (excludes halogenated alkanes) is 2. The highest BCUT2D eigenvalue weighted by molar-refractivity contribution is 5.81. The van der Waals surface area contributed by atoms with Crippen LogP contribution in [0.1, 0.15) is 45.3 Å². The number of carbonyl (C=O) groups excluding carboxylic acids is 2. The number of hydrogen-bond acceptors (Lipinski definition) is 5. The molecule has 3 rings (SSSR count). The van der Waals surface area contributed by atoms with Crippen LogP contribution in [0.3, 0.4) is 0 Å². The van der Waals surface area contributed by atoms with Crippen molar-refractivity contribution in [2.45, 2.75) is 57.8 Å². The van der Waals surface area contributed by atoms with Crippen LogP contribution in [0.4, 0.5) is 4.79 Å². The summed E-state index contributed by atoms with van der Waals surface area (Å²) in [6, 6.07) is 9.64. The van der Waals surface area contributed by atoms with E-state index >= 15 is 0 Å². The summed E-state index contributed by atoms with van der Waals surface area (Å²) in [5.41, 5.74) is 0.219. The number of ether oxygens (including phenoxy) is 2. The Balaban J connectivity index is 1.29. The van der Waals surface area contributed by atoms with E-state index < -0.39 is 11.7 Å². The van der Waals surface area contributed by atoms with Crippen molar-refractivity contribution in [3.8, 4) is 0 Å². The van der Waals surface area contributed by atoms with Crippen LogP contribution >= 0.6 is 0 Å². The van der Waals surface area contributed by atoms with Crippen molar-refractivity contribution < 1.29 is 23.5 Å². The second-order valence-electron chi connectivity index (χ2n) is 8.85. The summed E-state index contributed by atoms with van der Waals surface area (Å²) in [5, 5.41) is 6.74. The zero-order valence-electron chi connectivity index (χ0n) is 19.6. The molecule has 0 saturated heterocycles. The number of nitrogens with one attached hydrogen (secondary N) is 2. The minimum Gasteiger partial charge on any atom is -0.459 e. The van der Waals surface area contributed by atoms with Gasteiger partial charge in [-0.25, -0.2) is 4.79 Å². The van der Waals surface area contributed by atoms with E-state index in [0.717, 1.165) is 36.7 Å². The number of benzene rings is 1. The van der Waals surface area contributed by atoms with Crippen LogP contribution in [0, 0.1) is 5.92 Å². The van der Waals surface area contributed by atoms with Crippen molar-refractivity contribution in [1.82, 2.24) is 10.6 Å². The number of para-hydroxylation sites is 1. The fourth-order valence-electron chi connectivity index (χ4n) is 3.85. The zero-order chi connectivity index (χ0) is 23.7. The van der Waals surface area contributed by atoms with E-state index in [9.17, 15) is 9.59 Å². The number of allylic oxidation sites excluding steroid dienone is 2. The first-order valence-electron chi connectivity index (χ1n) is 11.5. The van der Waals surface area contributed by atoms with E-state index in [1.54, 1.807) is 7.11 Å². The molecule has 0 radical (unpaired) electrons. The van der Waals surface area contributed by atoms with Gasteiger partial charge >= 0.3 is 6.09 Å². The molecule has 2 amide bonds. The minimum atomic E-state index is -0.577. The molecule has 2 atom stereocenters. The van der Waals surface area contributed by atoms with Gasteiger partial charge in [0.2, 0.25) is 5.91 Å². The van der Waals surface area contributed by atoms with Crippen LogP contribution in [0.25, 0.3) is 11.0 Å². The highest BCUT2D eigenvalue weighted by atomic mass is 16.6. The van der Waals surface area contributed by atoms with Crippen molar-refractivity contribution in [3.05, 3.63) is 60.4 Å². The predicted molar refractivity (Wildman–Crippen MR) is 128 cm³/mol. The molecule has 2 aromatic rings. The maximum Gasteiger partial charge on any atom is 0.408 e. The Morgan fingerprint density at radius 3 is 2.64 bits per heavy atom. The maximum atomic E-state index is 12.3. The number of furan rings is 1. The van der Waals surface area contributed by atoms with Gasteiger partial charge in [-0.2, -0.15) is 0 Å². The van der Waals surface area contributed by atoms with Crippen molar-refractivity contribution >= 4 is 23.0 Å². The number of alkyl carbamates (subject to hydrolysis) is 1. The second-order valence-corrected chi connectivity index (χ2v) is 8.85. The lowest BCUT2D eigenvalue weighted by molar-refractivity contribution is -0.126. The Labute approximate surface area is 195 Å². The molecule has 0 fully saturated rings. The molecule has 0 saturated carbocycles. The molecule has 7 nitrogen and oxygen atoms in total. The van der Waals surface area contributed by atoms with Crippen LogP contribution in [0.2, 0.25) is 0 Å². The molecule has 7 heteroatoms. The van der Waals surface area contributed by atoms with Crippen LogP contribution in [-0.2, 0) is 20.8 Å². The minimum absolute atomic E-state index is 0.0211. The van der Waals surface area contributed by atoms with Crippen molar-refractivity contribution in [3.63, 3.8) is 0 Å². The van der Waals surface area contributed by atoms with Gasteiger partial charge < -0.3 is 24.5 Å². The second kappa shape index (κ2) is 11.7. The Kier molecular flexibility index (Phi) is 8.72. The Bertz CT molecular complexity index is 958. The molecule has 2 unspecified atom stereocenters. The van der Waals surface area contributed by atoms with Crippen LogP contribution in [-0.4, -0.2) is 37.4 Å². The lowest BCUT2D eigenvalue weighted by atomic mass is 9.96. The van der Waals surface area contributed by atoms with E-state index in [1.807, 2.05) is 68.5 Å². The summed E-state index contributed by atoms with van der Waals surface area (Å²) in [5.74, 6) is 0.377. The van der Waals surface area contributed by atoms with Crippen molar-refractivity contribution in [2.75, 3.05) is 13.7 Å². The SMILES string of the molecule is COC1C=CC=CC1C(=O)NCCCCCC(C)(C)OC(=O)NCc1cc2ccccc2o1. The van der Waals surface area contributed by atoms with Crippen LogP contribution in [0.5, 0.6) is 0 Å². The van der Waals surface area contributed by atoms with E-state index in [2.05, 4.69) is 10.6 Å². The number of fused-ring (bicyclic) bond motifs is 1. The average Bonchev–Trinajstić information content (AvgIpc) is 3.22. The molecule has 1 aromatic carbocycles. The number of rotatable bonds is 11. The van der Waals surface area contributed by atoms with Gasteiger partial charge in [0.25, 0.3) is 0 Å². The third-order valence-corrected chi connectivity index (χ3v) is 5.67. The summed E-state index contributed by atoms with van der Waals surface area (Å²) in [6.07, 6.45) is 10.3. The highest BCUT2D eigenvalue weighted by Gasteiger charge is 2.25. The largest absolute Gasteiger partial charge is 0.459 e. The molecule has 1 aliphatic rings. The Morgan fingerprint density at radius 2 is 1.85 bits per heavy atom. The summed E-state index contributed by atoms with van der Waals surface area (Å²) in [4.78, 5) is 24.6. The molecule has 1 aliphatic carbocycles.